The predicted molar refractivity (Wildman–Crippen MR) is 95.7 cm³/mol. The topological polar surface area (TPSA) is 42.2 Å². The maximum Gasteiger partial charge on any atom is 0.142 e. The van der Waals surface area contributed by atoms with Crippen molar-refractivity contribution in [2.24, 2.45) is 5.10 Å². The molecular formula is C18H17ClN4. The number of hydrazone groups is 1. The van der Waals surface area contributed by atoms with Crippen LogP contribution in [-0.2, 0) is 0 Å². The highest BCUT2D eigenvalue weighted by Gasteiger charge is 2.12. The van der Waals surface area contributed by atoms with Gasteiger partial charge in [-0.15, -0.1) is 0 Å². The average Bonchev–Trinajstić information content (AvgIpc) is 2.85. The highest BCUT2D eigenvalue weighted by Crippen LogP contribution is 2.22. The summed E-state index contributed by atoms with van der Waals surface area (Å²) in [4.78, 5) is 0. The maximum atomic E-state index is 6.47. The van der Waals surface area contributed by atoms with Crippen molar-refractivity contribution < 1.29 is 0 Å². The molecule has 0 aliphatic carbocycles. The Morgan fingerprint density at radius 2 is 1.74 bits per heavy atom. The lowest BCUT2D eigenvalue weighted by Crippen LogP contribution is -1.96. The van der Waals surface area contributed by atoms with Crippen LogP contribution in [0.4, 0.5) is 5.69 Å². The third-order valence-electron chi connectivity index (χ3n) is 3.49. The van der Waals surface area contributed by atoms with Gasteiger partial charge in [0.05, 0.1) is 28.8 Å². The SMILES string of the molecule is Cc1ccc(-n2nc(C)c(/C=N\Nc3ccccc3)c2Cl)cc1. The lowest BCUT2D eigenvalue weighted by molar-refractivity contribution is 0.863. The fraction of sp³-hybridized carbons (Fsp3) is 0.111. The van der Waals surface area contributed by atoms with Gasteiger partial charge >= 0.3 is 0 Å². The fourth-order valence-electron chi connectivity index (χ4n) is 2.20. The van der Waals surface area contributed by atoms with Gasteiger partial charge in [0.25, 0.3) is 0 Å². The van der Waals surface area contributed by atoms with Gasteiger partial charge in [0.2, 0.25) is 0 Å². The molecule has 1 N–H and O–H groups in total. The number of hydrogen-bond acceptors (Lipinski definition) is 3. The molecule has 3 aromatic rings. The number of nitrogens with zero attached hydrogens (tertiary/aromatic N) is 3. The van der Waals surface area contributed by atoms with Crippen LogP contribution in [0.5, 0.6) is 0 Å². The lowest BCUT2D eigenvalue weighted by atomic mass is 10.2. The number of halogens is 1. The Labute approximate surface area is 140 Å². The third-order valence-corrected chi connectivity index (χ3v) is 3.85. The summed E-state index contributed by atoms with van der Waals surface area (Å²) < 4.78 is 1.72. The Balaban J connectivity index is 1.84. The molecule has 5 heteroatoms. The van der Waals surface area contributed by atoms with Crippen LogP contribution in [0.1, 0.15) is 16.8 Å². The summed E-state index contributed by atoms with van der Waals surface area (Å²) in [5, 5.41) is 9.29. The molecule has 0 bridgehead atoms. The Morgan fingerprint density at radius 3 is 2.43 bits per heavy atom. The summed E-state index contributed by atoms with van der Waals surface area (Å²) in [7, 11) is 0. The number of para-hydroxylation sites is 1. The summed E-state index contributed by atoms with van der Waals surface area (Å²) in [6, 6.07) is 17.8. The van der Waals surface area contributed by atoms with Crippen LogP contribution in [0, 0.1) is 13.8 Å². The minimum atomic E-state index is 0.546. The number of rotatable bonds is 4. The molecule has 0 saturated heterocycles. The highest BCUT2D eigenvalue weighted by atomic mass is 35.5. The van der Waals surface area contributed by atoms with Gasteiger partial charge in [0, 0.05) is 0 Å². The maximum absolute atomic E-state index is 6.47. The second kappa shape index (κ2) is 6.67. The smallest absolute Gasteiger partial charge is 0.142 e. The van der Waals surface area contributed by atoms with Gasteiger partial charge in [0.15, 0.2) is 0 Å². The van der Waals surface area contributed by atoms with Gasteiger partial charge in [-0.25, -0.2) is 4.68 Å². The number of nitrogens with one attached hydrogen (secondary N) is 1. The zero-order valence-electron chi connectivity index (χ0n) is 13.0. The molecule has 3 rings (SSSR count). The van der Waals surface area contributed by atoms with E-state index < -0.39 is 0 Å². The third kappa shape index (κ3) is 3.43. The molecule has 0 atom stereocenters. The summed E-state index contributed by atoms with van der Waals surface area (Å²) in [6.07, 6.45) is 1.70. The van der Waals surface area contributed by atoms with E-state index in [4.69, 9.17) is 11.6 Å². The van der Waals surface area contributed by atoms with Gasteiger partial charge in [-0.1, -0.05) is 47.5 Å². The van der Waals surface area contributed by atoms with Crippen LogP contribution in [-0.4, -0.2) is 16.0 Å². The van der Waals surface area contributed by atoms with Gasteiger partial charge < -0.3 is 0 Å². The molecule has 0 saturated carbocycles. The minimum absolute atomic E-state index is 0.546. The van der Waals surface area contributed by atoms with Gasteiger partial charge in [-0.2, -0.15) is 10.2 Å². The quantitative estimate of drug-likeness (QED) is 0.563. The van der Waals surface area contributed by atoms with Crippen LogP contribution < -0.4 is 5.43 Å². The molecule has 1 heterocycles. The Kier molecular flexibility index (Phi) is 4.44. The van der Waals surface area contributed by atoms with Crippen molar-refractivity contribution in [3.05, 3.63) is 76.6 Å². The largest absolute Gasteiger partial charge is 0.279 e. The lowest BCUT2D eigenvalue weighted by Gasteiger charge is -2.03. The van der Waals surface area contributed by atoms with E-state index in [1.54, 1.807) is 10.9 Å². The van der Waals surface area contributed by atoms with Gasteiger partial charge in [-0.3, -0.25) is 5.43 Å². The van der Waals surface area contributed by atoms with E-state index >= 15 is 0 Å². The van der Waals surface area contributed by atoms with E-state index in [2.05, 4.69) is 15.6 Å². The molecule has 1 aromatic heterocycles. The van der Waals surface area contributed by atoms with Gasteiger partial charge in [-0.05, 0) is 38.1 Å². The van der Waals surface area contributed by atoms with Crippen molar-refractivity contribution >= 4 is 23.5 Å². The Hall–Kier alpha value is -2.59. The summed E-state index contributed by atoms with van der Waals surface area (Å²) in [5.74, 6) is 0. The first kappa shape index (κ1) is 15.3. The number of hydrogen-bond donors (Lipinski definition) is 1. The number of aromatic nitrogens is 2. The average molecular weight is 325 g/mol. The van der Waals surface area contributed by atoms with Crippen molar-refractivity contribution in [2.45, 2.75) is 13.8 Å². The van der Waals surface area contributed by atoms with Crippen LogP contribution in [0.2, 0.25) is 5.15 Å². The van der Waals surface area contributed by atoms with Crippen LogP contribution in [0.3, 0.4) is 0 Å². The molecule has 2 aromatic carbocycles. The second-order valence-electron chi connectivity index (χ2n) is 5.27. The molecule has 0 radical (unpaired) electrons. The molecule has 0 aliphatic heterocycles. The molecule has 0 aliphatic rings. The molecule has 0 unspecified atom stereocenters. The normalized spacial score (nSPS) is 11.1. The first-order chi connectivity index (χ1) is 11.1. The zero-order chi connectivity index (χ0) is 16.2. The standard InChI is InChI=1S/C18H17ClN4/c1-13-8-10-16(11-9-13)23-18(19)17(14(2)22-23)12-20-21-15-6-4-3-5-7-15/h3-12,21H,1-2H3/b20-12-. The molecule has 23 heavy (non-hydrogen) atoms. The van der Waals surface area contributed by atoms with E-state index in [-0.39, 0.29) is 0 Å². The Bertz CT molecular complexity index is 820. The number of aryl methyl sites for hydroxylation is 2. The first-order valence-electron chi connectivity index (χ1n) is 7.31. The van der Waals surface area contributed by atoms with E-state index in [1.807, 2.05) is 68.4 Å². The van der Waals surface area contributed by atoms with E-state index in [0.29, 0.717) is 5.15 Å². The summed E-state index contributed by atoms with van der Waals surface area (Å²) >= 11 is 6.47. The fourth-order valence-corrected chi connectivity index (χ4v) is 2.52. The molecule has 0 fully saturated rings. The monoisotopic (exact) mass is 324 g/mol. The van der Waals surface area contributed by atoms with Crippen molar-refractivity contribution in [3.63, 3.8) is 0 Å². The van der Waals surface area contributed by atoms with E-state index in [1.165, 1.54) is 5.56 Å². The van der Waals surface area contributed by atoms with E-state index in [0.717, 1.165) is 22.6 Å². The molecular weight excluding hydrogens is 308 g/mol. The molecule has 0 spiro atoms. The zero-order valence-corrected chi connectivity index (χ0v) is 13.7. The Morgan fingerprint density at radius 1 is 1.04 bits per heavy atom. The molecule has 0 amide bonds. The molecule has 116 valence electrons. The number of anilines is 1. The van der Waals surface area contributed by atoms with Crippen LogP contribution >= 0.6 is 11.6 Å². The first-order valence-corrected chi connectivity index (χ1v) is 7.69. The van der Waals surface area contributed by atoms with Crippen molar-refractivity contribution in [2.75, 3.05) is 5.43 Å². The highest BCUT2D eigenvalue weighted by molar-refractivity contribution is 6.32. The van der Waals surface area contributed by atoms with Crippen LogP contribution in [0.25, 0.3) is 5.69 Å². The molecule has 4 nitrogen and oxygen atoms in total. The minimum Gasteiger partial charge on any atom is -0.279 e. The van der Waals surface area contributed by atoms with E-state index in [9.17, 15) is 0 Å². The number of benzene rings is 2. The predicted octanol–water partition coefficient (Wildman–Crippen LogP) is 4.59. The second-order valence-corrected chi connectivity index (χ2v) is 5.63. The van der Waals surface area contributed by atoms with Crippen molar-refractivity contribution in [1.29, 1.82) is 0 Å². The van der Waals surface area contributed by atoms with Crippen LogP contribution in [0.15, 0.2) is 59.7 Å². The summed E-state index contributed by atoms with van der Waals surface area (Å²) in [5.41, 5.74) is 7.65. The van der Waals surface area contributed by atoms with Crippen molar-refractivity contribution in [1.82, 2.24) is 9.78 Å². The van der Waals surface area contributed by atoms with Gasteiger partial charge in [0.1, 0.15) is 5.15 Å². The summed E-state index contributed by atoms with van der Waals surface area (Å²) in [6.45, 7) is 3.97. The van der Waals surface area contributed by atoms with Crippen molar-refractivity contribution in [3.8, 4) is 5.69 Å².